The van der Waals surface area contributed by atoms with Crippen LogP contribution in [0.1, 0.15) is 49.1 Å². The first kappa shape index (κ1) is 18.6. The van der Waals surface area contributed by atoms with Crippen molar-refractivity contribution in [3.05, 3.63) is 48.4 Å². The van der Waals surface area contributed by atoms with E-state index in [4.69, 9.17) is 9.15 Å². The van der Waals surface area contributed by atoms with E-state index in [9.17, 15) is 9.59 Å². The van der Waals surface area contributed by atoms with E-state index in [1.165, 1.54) is 19.1 Å². The van der Waals surface area contributed by atoms with Crippen molar-refractivity contribution < 1.29 is 18.7 Å². The van der Waals surface area contributed by atoms with E-state index in [-0.39, 0.29) is 17.7 Å². The number of amides is 2. The molecule has 4 rings (SSSR count). The van der Waals surface area contributed by atoms with Crippen LogP contribution in [0.5, 0.6) is 5.75 Å². The maximum Gasteiger partial charge on any atom is 0.289 e. The van der Waals surface area contributed by atoms with Crippen molar-refractivity contribution in [2.24, 2.45) is 5.92 Å². The molecule has 2 amide bonds. The van der Waals surface area contributed by atoms with E-state index >= 15 is 0 Å². The molecule has 1 saturated heterocycles. The fourth-order valence-corrected chi connectivity index (χ4v) is 3.96. The molecule has 1 aromatic heterocycles. The number of piperidine rings is 1. The lowest BCUT2D eigenvalue weighted by atomic mass is 9.95. The molecule has 2 aromatic rings. The average Bonchev–Trinajstić information content (AvgIpc) is 3.43. The van der Waals surface area contributed by atoms with Crippen LogP contribution in [0, 0.1) is 5.92 Å². The van der Waals surface area contributed by atoms with Crippen LogP contribution >= 0.6 is 0 Å². The summed E-state index contributed by atoms with van der Waals surface area (Å²) in [7, 11) is 0. The Balaban J connectivity index is 1.25. The molecule has 0 spiro atoms. The Morgan fingerprint density at radius 3 is 2.36 bits per heavy atom. The first-order valence-corrected chi connectivity index (χ1v) is 10.1. The summed E-state index contributed by atoms with van der Waals surface area (Å²) in [5, 5.41) is 2.99. The minimum atomic E-state index is -0.110. The molecule has 0 bridgehead atoms. The topological polar surface area (TPSA) is 71.8 Å². The van der Waals surface area contributed by atoms with Crippen LogP contribution < -0.4 is 10.1 Å². The van der Waals surface area contributed by atoms with Gasteiger partial charge in [0.25, 0.3) is 5.91 Å². The number of hydrogen-bond acceptors (Lipinski definition) is 4. The van der Waals surface area contributed by atoms with Crippen molar-refractivity contribution in [2.45, 2.75) is 44.6 Å². The highest BCUT2D eigenvalue weighted by atomic mass is 16.5. The highest BCUT2D eigenvalue weighted by Crippen LogP contribution is 2.26. The van der Waals surface area contributed by atoms with Gasteiger partial charge in [0.2, 0.25) is 5.91 Å². The summed E-state index contributed by atoms with van der Waals surface area (Å²) in [5.74, 6) is 1.02. The van der Waals surface area contributed by atoms with Crippen LogP contribution in [0.4, 0.5) is 5.69 Å². The normalized spacial score (nSPS) is 18.2. The molecule has 1 aliphatic carbocycles. The van der Waals surface area contributed by atoms with E-state index < -0.39 is 0 Å². The zero-order chi connectivity index (χ0) is 19.3. The molecule has 1 aliphatic heterocycles. The van der Waals surface area contributed by atoms with E-state index in [2.05, 4.69) is 5.32 Å². The quantitative estimate of drug-likeness (QED) is 0.845. The number of carbonyl (C=O) groups is 2. The molecule has 0 unspecified atom stereocenters. The number of furan rings is 1. The van der Waals surface area contributed by atoms with Crippen molar-refractivity contribution >= 4 is 17.5 Å². The first-order valence-electron chi connectivity index (χ1n) is 10.1. The van der Waals surface area contributed by atoms with Crippen molar-refractivity contribution in [3.8, 4) is 5.75 Å². The summed E-state index contributed by atoms with van der Waals surface area (Å²) in [6.45, 7) is 1.12. The summed E-state index contributed by atoms with van der Waals surface area (Å²) < 4.78 is 11.1. The lowest BCUT2D eigenvalue weighted by molar-refractivity contribution is -0.121. The largest absolute Gasteiger partial charge is 0.490 e. The van der Waals surface area contributed by atoms with Gasteiger partial charge in [-0.05, 0) is 74.9 Å². The van der Waals surface area contributed by atoms with Gasteiger partial charge in [-0.1, -0.05) is 0 Å². The predicted octanol–water partition coefficient (Wildman–Crippen LogP) is 4.09. The highest BCUT2D eigenvalue weighted by molar-refractivity contribution is 5.94. The van der Waals surface area contributed by atoms with Gasteiger partial charge >= 0.3 is 0 Å². The van der Waals surface area contributed by atoms with Gasteiger partial charge in [0.15, 0.2) is 5.76 Å². The van der Waals surface area contributed by atoms with Gasteiger partial charge in [-0.15, -0.1) is 0 Å². The van der Waals surface area contributed by atoms with Crippen molar-refractivity contribution in [2.75, 3.05) is 18.4 Å². The van der Waals surface area contributed by atoms with Gasteiger partial charge in [0.1, 0.15) is 5.75 Å². The van der Waals surface area contributed by atoms with Gasteiger partial charge in [0.05, 0.1) is 12.4 Å². The van der Waals surface area contributed by atoms with Crippen LogP contribution in [-0.2, 0) is 4.79 Å². The predicted molar refractivity (Wildman–Crippen MR) is 105 cm³/mol. The Morgan fingerprint density at radius 1 is 1.00 bits per heavy atom. The number of carbonyl (C=O) groups excluding carboxylic acids is 2. The van der Waals surface area contributed by atoms with Crippen LogP contribution in [0.15, 0.2) is 47.1 Å². The number of hydrogen-bond donors (Lipinski definition) is 1. The highest BCUT2D eigenvalue weighted by Gasteiger charge is 2.28. The maximum atomic E-state index is 12.6. The maximum absolute atomic E-state index is 12.6. The Bertz CT molecular complexity index is 786. The second-order valence-corrected chi connectivity index (χ2v) is 7.58. The van der Waals surface area contributed by atoms with Gasteiger partial charge in [-0.25, -0.2) is 0 Å². The minimum Gasteiger partial charge on any atom is -0.490 e. The van der Waals surface area contributed by atoms with Crippen molar-refractivity contribution in [1.29, 1.82) is 0 Å². The fraction of sp³-hybridized carbons (Fsp3) is 0.455. The zero-order valence-electron chi connectivity index (χ0n) is 15.9. The molecule has 2 aliphatic rings. The summed E-state index contributed by atoms with van der Waals surface area (Å²) in [5.41, 5.74) is 0.776. The van der Waals surface area contributed by atoms with Crippen LogP contribution in [0.3, 0.4) is 0 Å². The Labute approximate surface area is 164 Å². The molecule has 148 valence electrons. The molecular weight excluding hydrogens is 356 g/mol. The average molecular weight is 382 g/mol. The van der Waals surface area contributed by atoms with Crippen LogP contribution in [0.2, 0.25) is 0 Å². The summed E-state index contributed by atoms with van der Waals surface area (Å²) in [4.78, 5) is 26.6. The summed E-state index contributed by atoms with van der Waals surface area (Å²) in [6, 6.07) is 11.0. The number of nitrogens with one attached hydrogen (secondary N) is 1. The van der Waals surface area contributed by atoms with Gasteiger partial charge < -0.3 is 19.4 Å². The number of nitrogens with zero attached hydrogens (tertiary/aromatic N) is 1. The van der Waals surface area contributed by atoms with Gasteiger partial charge in [-0.2, -0.15) is 0 Å². The van der Waals surface area contributed by atoms with Crippen molar-refractivity contribution in [3.63, 3.8) is 0 Å². The van der Waals surface area contributed by atoms with E-state index in [0.717, 1.165) is 24.3 Å². The Kier molecular flexibility index (Phi) is 5.65. The number of anilines is 1. The van der Waals surface area contributed by atoms with Crippen LogP contribution in [-0.4, -0.2) is 35.9 Å². The molecule has 2 fully saturated rings. The molecule has 6 heteroatoms. The number of benzene rings is 1. The van der Waals surface area contributed by atoms with E-state index in [1.54, 1.807) is 17.0 Å². The standard InChI is InChI=1S/C22H26N2O4/c25-21(16-11-13-24(14-12-16)22(26)20-6-3-15-27-20)23-17-7-9-19(10-8-17)28-18-4-1-2-5-18/h3,6-10,15-16,18H,1-2,4-5,11-14H2,(H,23,25). The van der Waals surface area contributed by atoms with Crippen LogP contribution in [0.25, 0.3) is 0 Å². The molecule has 0 atom stereocenters. The third-order valence-corrected chi connectivity index (χ3v) is 5.61. The smallest absolute Gasteiger partial charge is 0.289 e. The molecule has 0 radical (unpaired) electrons. The second kappa shape index (κ2) is 8.50. The lowest BCUT2D eigenvalue weighted by Crippen LogP contribution is -2.41. The minimum absolute atomic E-state index is 0.00885. The molecular formula is C22H26N2O4. The summed E-state index contributed by atoms with van der Waals surface area (Å²) >= 11 is 0. The Morgan fingerprint density at radius 2 is 1.71 bits per heavy atom. The fourth-order valence-electron chi connectivity index (χ4n) is 3.96. The number of rotatable bonds is 5. The molecule has 1 saturated carbocycles. The molecule has 28 heavy (non-hydrogen) atoms. The SMILES string of the molecule is O=C(Nc1ccc(OC2CCCC2)cc1)C1CCN(C(=O)c2ccco2)CC1. The van der Waals surface area contributed by atoms with E-state index in [0.29, 0.717) is 37.8 Å². The Hall–Kier alpha value is -2.76. The second-order valence-electron chi connectivity index (χ2n) is 7.58. The molecule has 1 aromatic carbocycles. The lowest BCUT2D eigenvalue weighted by Gasteiger charge is -2.30. The molecule has 6 nitrogen and oxygen atoms in total. The molecule has 2 heterocycles. The van der Waals surface area contributed by atoms with Crippen molar-refractivity contribution in [1.82, 2.24) is 4.90 Å². The van der Waals surface area contributed by atoms with Gasteiger partial charge in [0, 0.05) is 24.7 Å². The monoisotopic (exact) mass is 382 g/mol. The zero-order valence-corrected chi connectivity index (χ0v) is 15.9. The third kappa shape index (κ3) is 4.38. The number of ether oxygens (including phenoxy) is 1. The summed E-state index contributed by atoms with van der Waals surface area (Å²) in [6.07, 6.45) is 7.86. The molecule has 1 N–H and O–H groups in total. The number of likely N-dealkylation sites (tertiary alicyclic amines) is 1. The first-order chi connectivity index (χ1) is 13.7. The third-order valence-electron chi connectivity index (χ3n) is 5.61. The van der Waals surface area contributed by atoms with E-state index in [1.807, 2.05) is 24.3 Å². The van der Waals surface area contributed by atoms with Gasteiger partial charge in [-0.3, -0.25) is 9.59 Å².